The van der Waals surface area contributed by atoms with Gasteiger partial charge in [0.1, 0.15) is 187 Å². The van der Waals surface area contributed by atoms with E-state index >= 15 is 0 Å². The molecule has 0 spiro atoms. The van der Waals surface area contributed by atoms with Crippen molar-refractivity contribution in [2.24, 2.45) is 11.8 Å². The summed E-state index contributed by atoms with van der Waals surface area (Å²) >= 11 is 6.25. The molecule has 842 valence electrons. The van der Waals surface area contributed by atoms with E-state index in [0.29, 0.717) is 42.8 Å². The average molecular weight is 2170 g/mol. The molecule has 35 atom stereocenters. The summed E-state index contributed by atoms with van der Waals surface area (Å²) in [5.41, 5.74) is 5.19. The monoisotopic (exact) mass is 2170 g/mol. The van der Waals surface area contributed by atoms with Gasteiger partial charge in [0.2, 0.25) is 35.4 Å². The Morgan fingerprint density at radius 2 is 0.920 bits per heavy atom. The molecule has 1 aliphatic carbocycles. The molecule has 2 aromatic carbocycles. The van der Waals surface area contributed by atoms with E-state index in [9.17, 15) is 120 Å². The largest absolute Gasteiger partial charge is 0.394 e. The van der Waals surface area contributed by atoms with Gasteiger partial charge in [-0.25, -0.2) is 9.36 Å². The molecule has 55 heteroatoms. The Morgan fingerprint density at radius 1 is 0.467 bits per heavy atom. The van der Waals surface area contributed by atoms with Crippen molar-refractivity contribution in [3.8, 4) is 22.5 Å². The topological polar surface area (TPSA) is 745 Å². The van der Waals surface area contributed by atoms with E-state index in [1.54, 1.807) is 44.2 Å². The van der Waals surface area contributed by atoms with Gasteiger partial charge in [-0.1, -0.05) is 93.4 Å². The van der Waals surface area contributed by atoms with Crippen LogP contribution in [0, 0.1) is 11.8 Å². The van der Waals surface area contributed by atoms with Crippen LogP contribution in [0.1, 0.15) is 127 Å². The number of ketones is 1. The van der Waals surface area contributed by atoms with Gasteiger partial charge < -0.3 is 199 Å². The molecule has 22 N–H and O–H groups in total. The maximum absolute atomic E-state index is 14.3. The number of nitrogens with one attached hydrogen (secondary N) is 5. The molecular weight excluding hydrogens is 2030 g/mol. The highest BCUT2D eigenvalue weighted by Gasteiger charge is 2.60. The molecule has 2 aromatic heterocycles. The zero-order chi connectivity index (χ0) is 108. The number of aliphatic hydroxyl groups excluding tert-OH is 17. The van der Waals surface area contributed by atoms with Crippen LogP contribution in [0.4, 0.5) is 5.69 Å². The highest BCUT2D eigenvalue weighted by atomic mass is 32.2. The summed E-state index contributed by atoms with van der Waals surface area (Å²) in [6.45, 7) is 3.74. The molecule has 23 aliphatic heterocycles. The number of ether oxygens (including phenoxy) is 17. The molecule has 6 amide bonds. The number of benzene rings is 2. The zero-order valence-electron chi connectivity index (χ0n) is 83.9. The van der Waals surface area contributed by atoms with E-state index in [4.69, 9.17) is 93.2 Å². The summed E-state index contributed by atoms with van der Waals surface area (Å²) in [5.74, 6) is -4.10. The van der Waals surface area contributed by atoms with Crippen molar-refractivity contribution in [2.75, 3.05) is 117 Å². The highest BCUT2D eigenvalue weighted by Crippen LogP contribution is 2.46. The summed E-state index contributed by atoms with van der Waals surface area (Å²) in [4.78, 5) is 96.9. The number of unbranched alkanes of at least 4 members (excludes halogenated alkanes) is 1. The zero-order valence-corrected chi connectivity index (χ0v) is 85.6. The van der Waals surface area contributed by atoms with Crippen molar-refractivity contribution in [1.29, 1.82) is 0 Å². The number of aromatic nitrogens is 6. The van der Waals surface area contributed by atoms with Gasteiger partial charge in [-0.15, -0.1) is 34.6 Å². The van der Waals surface area contributed by atoms with E-state index in [2.05, 4.69) is 47.2 Å². The number of hydrogen-bond acceptors (Lipinski definition) is 47. The number of thioether (sulfide) groups is 1. The van der Waals surface area contributed by atoms with Gasteiger partial charge in [-0.3, -0.25) is 33.6 Å². The third-order valence-corrected chi connectivity index (χ3v) is 29.0. The van der Waals surface area contributed by atoms with Crippen molar-refractivity contribution < 1.29 is 201 Å². The number of carbonyl (C=O) groups is 7. The van der Waals surface area contributed by atoms with Crippen LogP contribution >= 0.6 is 24.4 Å². The number of para-hydroxylation sites is 1. The molecule has 53 nitrogen and oxygen atoms in total. The lowest BCUT2D eigenvalue weighted by Crippen LogP contribution is -2.69. The molecule has 22 fully saturated rings. The molecular formula is C95H144N12O41S2. The van der Waals surface area contributed by atoms with Crippen LogP contribution in [0.2, 0.25) is 0 Å². The Kier molecular flexibility index (Phi) is 45.4. The highest BCUT2D eigenvalue weighted by molar-refractivity contribution is 8.08. The van der Waals surface area contributed by atoms with Crippen LogP contribution in [0.15, 0.2) is 48.5 Å². The fourth-order valence-electron chi connectivity index (χ4n) is 19.2. The number of Topliss-reactive ketones (excluding diaryl/α,β-unsaturated/α-hetero) is 1. The van der Waals surface area contributed by atoms with Crippen molar-refractivity contribution in [3.05, 3.63) is 65.5 Å². The summed E-state index contributed by atoms with van der Waals surface area (Å²) < 4.78 is 103. The maximum atomic E-state index is 14.3. The van der Waals surface area contributed by atoms with E-state index in [-0.39, 0.29) is 145 Å². The van der Waals surface area contributed by atoms with Gasteiger partial charge >= 0.3 is 0 Å². The molecule has 0 saturated carbocycles. The van der Waals surface area contributed by atoms with Crippen LogP contribution in [0.25, 0.3) is 22.5 Å². The smallest absolute Gasteiger partial charge is 0.246 e. The lowest BCUT2D eigenvalue weighted by molar-refractivity contribution is -0.403. The molecule has 12 bridgehead atoms. The van der Waals surface area contributed by atoms with Gasteiger partial charge in [0, 0.05) is 49.4 Å². The Balaban J connectivity index is 0.592. The molecule has 31 unspecified atom stereocenters. The minimum atomic E-state index is -2.28. The van der Waals surface area contributed by atoms with Crippen LogP contribution < -0.4 is 31.5 Å². The second kappa shape index (κ2) is 57.0. The summed E-state index contributed by atoms with van der Waals surface area (Å²) in [6, 6.07) is 12.1. The normalized spacial score (nSPS) is 33.1. The second-order valence-corrected chi connectivity index (χ2v) is 40.4. The molecule has 25 heterocycles. The number of amides is 6. The molecule has 4 aromatic rings. The predicted octanol–water partition coefficient (Wildman–Crippen LogP) is -7.37. The molecule has 150 heavy (non-hydrogen) atoms. The van der Waals surface area contributed by atoms with E-state index in [1.807, 2.05) is 54.8 Å². The Morgan fingerprint density at radius 3 is 1.40 bits per heavy atom. The molecule has 28 rings (SSSR count). The maximum Gasteiger partial charge on any atom is 0.246 e. The van der Waals surface area contributed by atoms with Gasteiger partial charge in [0.05, 0.1) is 122 Å². The first kappa shape index (κ1) is 120. The van der Waals surface area contributed by atoms with E-state index in [0.717, 1.165) is 22.4 Å². The minimum Gasteiger partial charge on any atom is -0.394 e. The molecule has 0 radical (unpaired) electrons. The Hall–Kier alpha value is -7.45. The fourth-order valence-corrected chi connectivity index (χ4v) is 19.7. The number of rotatable bonds is 43. The van der Waals surface area contributed by atoms with Crippen LogP contribution in [0.3, 0.4) is 0 Å². The van der Waals surface area contributed by atoms with Gasteiger partial charge in [0.15, 0.2) is 43.5 Å². The lowest BCUT2D eigenvalue weighted by Gasteiger charge is -2.50. The van der Waals surface area contributed by atoms with Gasteiger partial charge in [-0.05, 0) is 69.3 Å². The van der Waals surface area contributed by atoms with Crippen LogP contribution in [-0.4, -0.2) is 472 Å². The summed E-state index contributed by atoms with van der Waals surface area (Å²) in [6.07, 6.45) is -57.8. The predicted molar refractivity (Wildman–Crippen MR) is 516 cm³/mol. The van der Waals surface area contributed by atoms with E-state index < -0.39 is 290 Å². The van der Waals surface area contributed by atoms with E-state index in [1.165, 1.54) is 16.4 Å². The van der Waals surface area contributed by atoms with Crippen molar-refractivity contribution in [3.63, 3.8) is 0 Å². The van der Waals surface area contributed by atoms with Gasteiger partial charge in [0.25, 0.3) is 0 Å². The fraction of sp³-hybridized carbons (Fsp3) is 0.758. The summed E-state index contributed by atoms with van der Waals surface area (Å²) in [5, 5.41) is 227. The Bertz CT molecular complexity index is 4940. The molecule has 24 aliphatic rings. The number of carbonyl (C=O) groups excluding carboxylic acids is 7. The van der Waals surface area contributed by atoms with Crippen molar-refractivity contribution in [2.45, 2.75) is 332 Å². The lowest BCUT2D eigenvalue weighted by atomic mass is 9.94. The number of fused-ring (bicyclic) bond motifs is 6. The number of thiol groups is 1. The summed E-state index contributed by atoms with van der Waals surface area (Å²) in [7, 11) is 0. The van der Waals surface area contributed by atoms with Crippen molar-refractivity contribution >= 4 is 71.3 Å². The first-order chi connectivity index (χ1) is 72.0. The number of nitrogens with zero attached hydrogens (tertiary/aromatic N) is 7. The van der Waals surface area contributed by atoms with Gasteiger partial charge in [-0.2, -0.15) is 0 Å². The SMILES string of the molecule is CSC(S)n1nnc2c1-c1ccccc1CN(C(=O)CCC(=O)NCCOCCOCCOCCOCCC(=O)N[C@H](CCCCNC(=O)COC1CCCCCc3c1nnn3CC1OC3OC4C(CO)OC(OC5C(CO)OC(OC6C(CO)O[C@@H](OC7C(CO)OC(OC8C(CO)OC(OC1C(O)C3O)C(O)C8O)C(O)C7O)C(O)C6O)C(O)C5O)C(O)C4O)C(=O)N[C@H](C(=O)N[C@@H](C)C(=O)C(C)C)C(C)C)c1ccccc1-2. The third kappa shape index (κ3) is 29.5. The van der Waals surface area contributed by atoms with Crippen LogP contribution in [-0.2, 0) is 134 Å². The van der Waals surface area contributed by atoms with Crippen molar-refractivity contribution in [1.82, 2.24) is 56.6 Å². The standard InChI is InChI=1S/C95H144N12O41S2/c1-44(2)64(88(131)98-46(5)68(117)45(3)4)100-87(130)50(99-61(114)25-28-132-30-32-134-34-35-135-33-31-133-29-27-97-60(113)23-24-63(116)105-36-47-16-10-11-17-48(47)67-65(49-18-12-13-20-51(49)105)101-104-107(67)95(149)150-6)19-14-15-26-96-62(115)43-136-53-22-9-7-8-21-52-66(53)102-103-106(52)37-54-81-69(118)75(124)89(137-54)144-82-55(38-108)139-91(77(126)71(82)120)146-84-57(40-110)141-93(79(128)73(84)122)148-86-59(42-112)142-94(80(129)74(86)123)147-85-58(41-111)140-92(78(127)72(85)121)145-83-56(39-109)138-90(143-81)76(125)70(83)119/h10-13,16-18,20,44-46,50,53-59,64,69-86,89-95,108-112,118-129,149H,7-9,14-15,19,21-43H2,1-6H3,(H,96,115)(H,97,113)(H,98,131)(H,99,114)(H,100,130)/t46-,50+,53?,54?,55?,56?,57?,58?,59?,64-,69?,70?,71?,72?,73?,74?,75?,76?,77?,78?,79?,80?,81?,82?,83?,84?,85?,86?,89?,90?,91?,92?,93?,94-,95?/m0/s1. The van der Waals surface area contributed by atoms with Crippen LogP contribution in [0.5, 0.6) is 0 Å². The second-order valence-electron chi connectivity index (χ2n) is 38.6. The minimum absolute atomic E-state index is 0.0272. The third-order valence-electron chi connectivity index (χ3n) is 27.5. The first-order valence-corrected chi connectivity index (χ1v) is 52.4. The Labute approximate surface area is 872 Å². The quantitative estimate of drug-likeness (QED) is 0.0111. The number of hydrogen-bond donors (Lipinski definition) is 23. The number of anilines is 1. The first-order valence-electron chi connectivity index (χ1n) is 50.6. The molecule has 22 saturated heterocycles. The average Bonchev–Trinajstić information content (AvgIpc) is 1.57. The number of aliphatic hydroxyl groups is 17.